The Labute approximate surface area is 152 Å². The molecule has 26 heavy (non-hydrogen) atoms. The molecule has 0 fully saturated rings. The van der Waals surface area contributed by atoms with Crippen molar-refractivity contribution in [1.29, 1.82) is 0 Å². The van der Waals surface area contributed by atoms with Gasteiger partial charge >= 0.3 is 6.03 Å². The summed E-state index contributed by atoms with van der Waals surface area (Å²) in [6.07, 6.45) is 4.11. The minimum atomic E-state index is -0.457. The lowest BCUT2D eigenvalue weighted by Crippen LogP contribution is -2.39. The molecule has 6 nitrogen and oxygen atoms in total. The average Bonchev–Trinajstić information content (AvgIpc) is 3.12. The summed E-state index contributed by atoms with van der Waals surface area (Å²) < 4.78 is 4.73. The van der Waals surface area contributed by atoms with Gasteiger partial charge in [-0.25, -0.2) is 9.42 Å². The Bertz CT molecular complexity index is 847. The molecule has 1 aromatic heterocycles. The van der Waals surface area contributed by atoms with Crippen molar-refractivity contribution >= 4 is 22.8 Å². The van der Waals surface area contributed by atoms with Crippen molar-refractivity contribution < 1.29 is 9.42 Å². The number of amides is 2. The number of carbonyl (C=O) groups excluding carboxylic acids is 1. The van der Waals surface area contributed by atoms with Gasteiger partial charge in [-0.05, 0) is 59.3 Å². The third-order valence-electron chi connectivity index (χ3n) is 4.64. The Morgan fingerprint density at radius 3 is 2.62 bits per heavy atom. The Kier molecular flexibility index (Phi) is 5.84. The fourth-order valence-electron chi connectivity index (χ4n) is 3.27. The van der Waals surface area contributed by atoms with E-state index in [0.29, 0.717) is 23.5 Å². The number of aromatic nitrogens is 2. The first-order valence-corrected chi connectivity index (χ1v) is 9.00. The Morgan fingerprint density at radius 1 is 1.12 bits per heavy atom. The number of nitrogens with zero attached hydrogens (tertiary/aromatic N) is 3. The molecule has 2 N–H and O–H groups in total. The summed E-state index contributed by atoms with van der Waals surface area (Å²) in [5.41, 5.74) is 8.98. The smallest absolute Gasteiger partial charge is 0.319 e. The van der Waals surface area contributed by atoms with Gasteiger partial charge in [0.1, 0.15) is 11.0 Å². The van der Waals surface area contributed by atoms with E-state index in [0.717, 1.165) is 31.4 Å². The molecule has 2 amide bonds. The van der Waals surface area contributed by atoms with Crippen LogP contribution in [0.3, 0.4) is 0 Å². The quantitative estimate of drug-likeness (QED) is 0.660. The molecule has 0 radical (unpaired) electrons. The average molecular weight is 352 g/mol. The largest absolute Gasteiger partial charge is 0.351 e. The van der Waals surface area contributed by atoms with Gasteiger partial charge in [-0.2, -0.15) is 0 Å². The summed E-state index contributed by atoms with van der Waals surface area (Å²) in [5, 5.41) is 7.64. The Hall–Kier alpha value is -2.89. The van der Waals surface area contributed by atoms with E-state index in [-0.39, 0.29) is 0 Å². The van der Waals surface area contributed by atoms with Gasteiger partial charge in [0.2, 0.25) is 0 Å². The Balaban J connectivity index is 1.73. The SMILES string of the molecule is CCCC(CCc1ccccc1)CN(C(N)=O)c1ccc2nonc2c1. The van der Waals surface area contributed by atoms with Crippen molar-refractivity contribution in [3.05, 3.63) is 54.1 Å². The summed E-state index contributed by atoms with van der Waals surface area (Å²) in [4.78, 5) is 13.7. The van der Waals surface area contributed by atoms with Crippen LogP contribution in [0.2, 0.25) is 0 Å². The standard InChI is InChI=1S/C20H24N4O2/c1-2-6-16(10-9-15-7-4-3-5-8-15)14-24(20(21)25)17-11-12-18-19(13-17)23-26-22-18/h3-5,7-8,11-13,16H,2,6,9-10,14H2,1H3,(H2,21,25). The molecule has 3 rings (SSSR count). The zero-order valence-electron chi connectivity index (χ0n) is 15.0. The van der Waals surface area contributed by atoms with E-state index < -0.39 is 6.03 Å². The third kappa shape index (κ3) is 4.39. The molecule has 0 saturated carbocycles. The lowest BCUT2D eigenvalue weighted by atomic mass is 9.94. The van der Waals surface area contributed by atoms with Gasteiger partial charge in [0.05, 0.1) is 0 Å². The van der Waals surface area contributed by atoms with E-state index in [1.54, 1.807) is 17.0 Å². The topological polar surface area (TPSA) is 85.2 Å². The second-order valence-corrected chi connectivity index (χ2v) is 6.57. The van der Waals surface area contributed by atoms with Gasteiger partial charge in [0, 0.05) is 12.2 Å². The van der Waals surface area contributed by atoms with Crippen LogP contribution < -0.4 is 10.6 Å². The van der Waals surface area contributed by atoms with E-state index in [1.807, 2.05) is 12.1 Å². The monoisotopic (exact) mass is 352 g/mol. The van der Waals surface area contributed by atoms with E-state index >= 15 is 0 Å². The van der Waals surface area contributed by atoms with Crippen molar-refractivity contribution in [3.63, 3.8) is 0 Å². The van der Waals surface area contributed by atoms with Crippen molar-refractivity contribution in [1.82, 2.24) is 10.3 Å². The highest BCUT2D eigenvalue weighted by atomic mass is 16.6. The molecule has 1 unspecified atom stereocenters. The number of rotatable bonds is 8. The summed E-state index contributed by atoms with van der Waals surface area (Å²) in [7, 11) is 0. The zero-order valence-corrected chi connectivity index (χ0v) is 15.0. The highest BCUT2D eigenvalue weighted by Gasteiger charge is 2.19. The number of fused-ring (bicyclic) bond motifs is 1. The van der Waals surface area contributed by atoms with Gasteiger partial charge < -0.3 is 5.73 Å². The Morgan fingerprint density at radius 2 is 1.88 bits per heavy atom. The van der Waals surface area contributed by atoms with Gasteiger partial charge in [-0.1, -0.05) is 43.7 Å². The summed E-state index contributed by atoms with van der Waals surface area (Å²) in [6.45, 7) is 2.75. The van der Waals surface area contributed by atoms with E-state index in [9.17, 15) is 4.79 Å². The number of primary amides is 1. The molecule has 0 aliphatic rings. The maximum atomic E-state index is 12.1. The first-order valence-electron chi connectivity index (χ1n) is 9.00. The number of carbonyl (C=O) groups is 1. The number of nitrogens with two attached hydrogens (primary N) is 1. The van der Waals surface area contributed by atoms with Crippen LogP contribution in [0.5, 0.6) is 0 Å². The van der Waals surface area contributed by atoms with Crippen molar-refractivity contribution in [2.45, 2.75) is 32.6 Å². The van der Waals surface area contributed by atoms with E-state index in [4.69, 9.17) is 10.4 Å². The normalized spacial score (nSPS) is 12.2. The molecule has 0 saturated heterocycles. The van der Waals surface area contributed by atoms with Crippen molar-refractivity contribution in [2.24, 2.45) is 11.7 Å². The van der Waals surface area contributed by atoms with Gasteiger partial charge in [-0.3, -0.25) is 4.90 Å². The van der Waals surface area contributed by atoms with Crippen molar-refractivity contribution in [2.75, 3.05) is 11.4 Å². The molecule has 0 aliphatic heterocycles. The molecule has 2 aromatic carbocycles. The number of hydrogen-bond acceptors (Lipinski definition) is 4. The van der Waals surface area contributed by atoms with Crippen LogP contribution >= 0.6 is 0 Å². The first kappa shape index (κ1) is 17.9. The van der Waals surface area contributed by atoms with Crippen LogP contribution in [0.4, 0.5) is 10.5 Å². The van der Waals surface area contributed by atoms with Crippen LogP contribution in [-0.2, 0) is 6.42 Å². The molecule has 1 atom stereocenters. The molecule has 0 aliphatic carbocycles. The third-order valence-corrected chi connectivity index (χ3v) is 4.64. The number of urea groups is 1. The molecular formula is C20H24N4O2. The lowest BCUT2D eigenvalue weighted by Gasteiger charge is -2.26. The summed E-state index contributed by atoms with van der Waals surface area (Å²) >= 11 is 0. The minimum absolute atomic E-state index is 0.374. The zero-order chi connectivity index (χ0) is 18.4. The second kappa shape index (κ2) is 8.47. The molecule has 136 valence electrons. The molecule has 3 aromatic rings. The van der Waals surface area contributed by atoms with Gasteiger partial charge in [-0.15, -0.1) is 0 Å². The number of aryl methyl sites for hydroxylation is 1. The molecule has 6 heteroatoms. The predicted molar refractivity (Wildman–Crippen MR) is 102 cm³/mol. The van der Waals surface area contributed by atoms with Crippen LogP contribution in [0.15, 0.2) is 53.2 Å². The molecular weight excluding hydrogens is 328 g/mol. The van der Waals surface area contributed by atoms with Crippen LogP contribution in [0.1, 0.15) is 31.7 Å². The van der Waals surface area contributed by atoms with Crippen LogP contribution in [0, 0.1) is 5.92 Å². The van der Waals surface area contributed by atoms with E-state index in [1.165, 1.54) is 5.56 Å². The fourth-order valence-corrected chi connectivity index (χ4v) is 3.27. The summed E-state index contributed by atoms with van der Waals surface area (Å²) in [5.74, 6) is 0.374. The van der Waals surface area contributed by atoms with Crippen LogP contribution in [0.25, 0.3) is 11.0 Å². The minimum Gasteiger partial charge on any atom is -0.351 e. The highest BCUT2D eigenvalue weighted by molar-refractivity contribution is 5.93. The van der Waals surface area contributed by atoms with Gasteiger partial charge in [0.25, 0.3) is 0 Å². The summed E-state index contributed by atoms with van der Waals surface area (Å²) in [6, 6.07) is 15.4. The predicted octanol–water partition coefficient (Wildman–Crippen LogP) is 4.16. The number of hydrogen-bond donors (Lipinski definition) is 1. The molecule has 0 bridgehead atoms. The van der Waals surface area contributed by atoms with E-state index in [2.05, 4.69) is 41.5 Å². The maximum Gasteiger partial charge on any atom is 0.319 e. The van der Waals surface area contributed by atoms with Crippen molar-refractivity contribution in [3.8, 4) is 0 Å². The number of anilines is 1. The molecule has 1 heterocycles. The van der Waals surface area contributed by atoms with Gasteiger partial charge in [0.15, 0.2) is 0 Å². The highest BCUT2D eigenvalue weighted by Crippen LogP contribution is 2.24. The lowest BCUT2D eigenvalue weighted by molar-refractivity contribution is 0.252. The molecule has 0 spiro atoms. The maximum absolute atomic E-state index is 12.1. The fraction of sp³-hybridized carbons (Fsp3) is 0.350. The first-order chi connectivity index (χ1) is 12.7. The second-order valence-electron chi connectivity index (χ2n) is 6.57. The number of benzene rings is 2. The van der Waals surface area contributed by atoms with Crippen LogP contribution in [-0.4, -0.2) is 22.9 Å².